The molecule has 3 rings (SSSR count). The zero-order valence-corrected chi connectivity index (χ0v) is 17.5. The van der Waals surface area contributed by atoms with Crippen molar-refractivity contribution in [2.45, 2.75) is 45.0 Å². The Morgan fingerprint density at radius 2 is 2.04 bits per heavy atom. The quantitative estimate of drug-likeness (QED) is 0.738. The predicted molar refractivity (Wildman–Crippen MR) is 107 cm³/mol. The minimum absolute atomic E-state index is 0.00941. The summed E-state index contributed by atoms with van der Waals surface area (Å²) in [6.45, 7) is 4.74. The number of carbonyl (C=O) groups is 1. The zero-order valence-electron chi connectivity index (χ0n) is 15.9. The molecule has 0 saturated heterocycles. The Kier molecular flexibility index (Phi) is 5.98. The standard InChI is InChI=1S/C19H25N3O3S2/c1-4-14(2)21(3)19(23)18-20-16-10-11-22(12-17(16)26-18)27(24,25)13-15-8-6-5-7-9-15/h5-9,14H,4,10-13H2,1-3H3/t14-/m0/s1. The first kappa shape index (κ1) is 20.0. The number of amides is 1. The number of fused-ring (bicyclic) bond motifs is 1. The minimum atomic E-state index is -3.41. The lowest BCUT2D eigenvalue weighted by molar-refractivity contribution is 0.0740. The molecule has 6 nitrogen and oxygen atoms in total. The first-order chi connectivity index (χ1) is 12.8. The molecule has 0 fully saturated rings. The highest BCUT2D eigenvalue weighted by molar-refractivity contribution is 7.88. The van der Waals surface area contributed by atoms with Gasteiger partial charge in [-0.15, -0.1) is 11.3 Å². The van der Waals surface area contributed by atoms with Crippen molar-refractivity contribution in [3.8, 4) is 0 Å². The maximum absolute atomic E-state index is 12.8. The van der Waals surface area contributed by atoms with E-state index < -0.39 is 10.0 Å². The molecular weight excluding hydrogens is 382 g/mol. The number of aromatic nitrogens is 1. The molecule has 1 aromatic carbocycles. The third kappa shape index (κ3) is 4.39. The summed E-state index contributed by atoms with van der Waals surface area (Å²) in [7, 11) is -1.62. The number of nitrogens with zero attached hydrogens (tertiary/aromatic N) is 3. The van der Waals surface area contributed by atoms with Gasteiger partial charge in [0.1, 0.15) is 0 Å². The molecule has 1 atom stereocenters. The molecule has 0 bridgehead atoms. The van der Waals surface area contributed by atoms with Gasteiger partial charge in [0.05, 0.1) is 11.4 Å². The van der Waals surface area contributed by atoms with Crippen LogP contribution in [0.1, 0.15) is 46.2 Å². The van der Waals surface area contributed by atoms with E-state index in [-0.39, 0.29) is 17.7 Å². The molecule has 0 spiro atoms. The van der Waals surface area contributed by atoms with Crippen LogP contribution >= 0.6 is 11.3 Å². The van der Waals surface area contributed by atoms with Crippen molar-refractivity contribution >= 4 is 27.3 Å². The molecule has 1 aromatic heterocycles. The molecule has 27 heavy (non-hydrogen) atoms. The number of hydrogen-bond acceptors (Lipinski definition) is 5. The van der Waals surface area contributed by atoms with Gasteiger partial charge in [0.2, 0.25) is 10.0 Å². The lowest BCUT2D eigenvalue weighted by atomic mass is 10.2. The summed E-state index contributed by atoms with van der Waals surface area (Å²) in [5.41, 5.74) is 1.63. The Morgan fingerprint density at radius 1 is 1.33 bits per heavy atom. The highest BCUT2D eigenvalue weighted by atomic mass is 32.2. The number of benzene rings is 1. The summed E-state index contributed by atoms with van der Waals surface area (Å²) >= 11 is 1.32. The molecule has 0 N–H and O–H groups in total. The van der Waals surface area contributed by atoms with E-state index in [1.165, 1.54) is 15.6 Å². The molecule has 2 aromatic rings. The van der Waals surface area contributed by atoms with Gasteiger partial charge in [0, 0.05) is 37.5 Å². The summed E-state index contributed by atoms with van der Waals surface area (Å²) < 4.78 is 27.1. The minimum Gasteiger partial charge on any atom is -0.337 e. The largest absolute Gasteiger partial charge is 0.337 e. The van der Waals surface area contributed by atoms with Crippen LogP contribution in [-0.2, 0) is 28.7 Å². The maximum Gasteiger partial charge on any atom is 0.282 e. The van der Waals surface area contributed by atoms with Crippen LogP contribution in [0.15, 0.2) is 30.3 Å². The van der Waals surface area contributed by atoms with Gasteiger partial charge in [-0.2, -0.15) is 4.31 Å². The second-order valence-electron chi connectivity index (χ2n) is 6.89. The highest BCUT2D eigenvalue weighted by Crippen LogP contribution is 2.28. The Labute approximate surface area is 164 Å². The van der Waals surface area contributed by atoms with Gasteiger partial charge in [0.25, 0.3) is 5.91 Å². The third-order valence-electron chi connectivity index (χ3n) is 5.04. The van der Waals surface area contributed by atoms with Gasteiger partial charge < -0.3 is 4.90 Å². The summed E-state index contributed by atoms with van der Waals surface area (Å²) in [5, 5.41) is 0.449. The zero-order chi connectivity index (χ0) is 19.6. The summed E-state index contributed by atoms with van der Waals surface area (Å²) in [4.78, 5) is 19.7. The molecular formula is C19H25N3O3S2. The van der Waals surface area contributed by atoms with Gasteiger partial charge in [-0.1, -0.05) is 37.3 Å². The van der Waals surface area contributed by atoms with Crippen molar-refractivity contribution in [2.75, 3.05) is 13.6 Å². The monoisotopic (exact) mass is 407 g/mol. The summed E-state index contributed by atoms with van der Waals surface area (Å²) in [5.74, 6) is -0.104. The molecule has 2 heterocycles. The number of rotatable bonds is 6. The SMILES string of the molecule is CC[C@H](C)N(C)C(=O)c1nc2c(s1)CN(S(=O)(=O)Cc1ccccc1)CC2. The van der Waals surface area contributed by atoms with Crippen LogP contribution in [0.4, 0.5) is 0 Å². The molecule has 146 valence electrons. The highest BCUT2D eigenvalue weighted by Gasteiger charge is 2.31. The van der Waals surface area contributed by atoms with E-state index in [2.05, 4.69) is 4.98 Å². The first-order valence-corrected chi connectivity index (χ1v) is 11.5. The predicted octanol–water partition coefficient (Wildman–Crippen LogP) is 2.90. The maximum atomic E-state index is 12.8. The number of hydrogen-bond donors (Lipinski definition) is 0. The van der Waals surface area contributed by atoms with E-state index in [4.69, 9.17) is 0 Å². The van der Waals surface area contributed by atoms with E-state index in [0.29, 0.717) is 24.5 Å². The van der Waals surface area contributed by atoms with Crippen molar-refractivity contribution in [3.05, 3.63) is 51.5 Å². The van der Waals surface area contributed by atoms with Gasteiger partial charge in [-0.25, -0.2) is 13.4 Å². The lowest BCUT2D eigenvalue weighted by Gasteiger charge is -2.25. The van der Waals surface area contributed by atoms with Gasteiger partial charge in [-0.05, 0) is 18.9 Å². The van der Waals surface area contributed by atoms with E-state index in [1.807, 2.05) is 44.2 Å². The van der Waals surface area contributed by atoms with Crippen LogP contribution in [-0.4, -0.2) is 48.1 Å². The van der Waals surface area contributed by atoms with Crippen molar-refractivity contribution in [1.82, 2.24) is 14.2 Å². The topological polar surface area (TPSA) is 70.6 Å². The molecule has 0 aliphatic carbocycles. The average molecular weight is 408 g/mol. The van der Waals surface area contributed by atoms with Crippen LogP contribution in [0.2, 0.25) is 0 Å². The second kappa shape index (κ2) is 8.08. The molecule has 1 amide bonds. The van der Waals surface area contributed by atoms with Crippen molar-refractivity contribution < 1.29 is 13.2 Å². The molecule has 0 saturated carbocycles. The fraction of sp³-hybridized carbons (Fsp3) is 0.474. The molecule has 8 heteroatoms. The van der Waals surface area contributed by atoms with Crippen LogP contribution in [0.3, 0.4) is 0 Å². The van der Waals surface area contributed by atoms with E-state index in [9.17, 15) is 13.2 Å². The normalized spacial score (nSPS) is 16.0. The van der Waals surface area contributed by atoms with E-state index in [1.54, 1.807) is 11.9 Å². The van der Waals surface area contributed by atoms with Crippen molar-refractivity contribution in [3.63, 3.8) is 0 Å². The Hall–Kier alpha value is -1.77. The third-order valence-corrected chi connectivity index (χ3v) is 7.90. The van der Waals surface area contributed by atoms with Crippen LogP contribution in [0.25, 0.3) is 0 Å². The van der Waals surface area contributed by atoms with Gasteiger partial charge >= 0.3 is 0 Å². The van der Waals surface area contributed by atoms with Crippen molar-refractivity contribution in [1.29, 1.82) is 0 Å². The lowest BCUT2D eigenvalue weighted by Crippen LogP contribution is -2.36. The Balaban J connectivity index is 1.75. The molecule has 1 aliphatic heterocycles. The number of carbonyl (C=O) groups excluding carboxylic acids is 1. The van der Waals surface area contributed by atoms with Gasteiger partial charge in [0.15, 0.2) is 5.01 Å². The smallest absolute Gasteiger partial charge is 0.282 e. The Bertz CT molecular complexity index is 910. The van der Waals surface area contributed by atoms with Gasteiger partial charge in [-0.3, -0.25) is 4.79 Å². The van der Waals surface area contributed by atoms with Crippen molar-refractivity contribution in [2.24, 2.45) is 0 Å². The van der Waals surface area contributed by atoms with Crippen LogP contribution < -0.4 is 0 Å². The summed E-state index contributed by atoms with van der Waals surface area (Å²) in [6, 6.07) is 9.33. The molecule has 0 radical (unpaired) electrons. The average Bonchev–Trinajstić information content (AvgIpc) is 3.10. The van der Waals surface area contributed by atoms with Crippen LogP contribution in [0, 0.1) is 0 Å². The number of sulfonamides is 1. The first-order valence-electron chi connectivity index (χ1n) is 9.09. The fourth-order valence-corrected chi connectivity index (χ4v) is 5.68. The number of thiazole rings is 1. The second-order valence-corrected chi connectivity index (χ2v) is 9.94. The van der Waals surface area contributed by atoms with E-state index in [0.717, 1.165) is 22.6 Å². The summed E-state index contributed by atoms with van der Waals surface area (Å²) in [6.07, 6.45) is 1.42. The van der Waals surface area contributed by atoms with E-state index >= 15 is 0 Å². The molecule has 1 aliphatic rings. The molecule has 0 unspecified atom stereocenters. The van der Waals surface area contributed by atoms with Crippen LogP contribution in [0.5, 0.6) is 0 Å². The fourth-order valence-electron chi connectivity index (χ4n) is 3.00. The Morgan fingerprint density at radius 3 is 2.70 bits per heavy atom.